The molecule has 0 N–H and O–H groups in total. The van der Waals surface area contributed by atoms with Crippen molar-refractivity contribution in [2.24, 2.45) is 0 Å². The number of benzene rings is 2. The third-order valence-electron chi connectivity index (χ3n) is 3.71. The molecule has 0 radical (unpaired) electrons. The number of thioether (sulfide) groups is 1. The molecule has 4 nitrogen and oxygen atoms in total. The van der Waals surface area contributed by atoms with Crippen molar-refractivity contribution < 1.29 is 4.74 Å². The van der Waals surface area contributed by atoms with Crippen molar-refractivity contribution >= 4 is 23.4 Å². The first-order valence-electron chi connectivity index (χ1n) is 8.23. The fourth-order valence-electron chi connectivity index (χ4n) is 2.48. The number of nitrogens with zero attached hydrogens (tertiary/aromatic N) is 3. The molecule has 130 valence electrons. The summed E-state index contributed by atoms with van der Waals surface area (Å²) in [5.41, 5.74) is 1.24. The van der Waals surface area contributed by atoms with Crippen molar-refractivity contribution in [2.45, 2.75) is 25.0 Å². The van der Waals surface area contributed by atoms with Gasteiger partial charge in [-0.05, 0) is 36.8 Å². The molecule has 0 aliphatic rings. The molecule has 2 aromatic carbocycles. The van der Waals surface area contributed by atoms with Gasteiger partial charge in [0.1, 0.15) is 11.6 Å². The van der Waals surface area contributed by atoms with E-state index in [9.17, 15) is 0 Å². The van der Waals surface area contributed by atoms with Crippen molar-refractivity contribution in [1.29, 1.82) is 0 Å². The Hall–Kier alpha value is -1.98. The minimum atomic E-state index is 0.608. The van der Waals surface area contributed by atoms with Crippen LogP contribution in [-0.2, 0) is 13.0 Å². The lowest BCUT2D eigenvalue weighted by molar-refractivity contribution is 0.344. The Morgan fingerprint density at radius 1 is 1.04 bits per heavy atom. The lowest BCUT2D eigenvalue weighted by Crippen LogP contribution is -2.06. The van der Waals surface area contributed by atoms with Gasteiger partial charge in [-0.3, -0.25) is 0 Å². The molecule has 3 rings (SSSR count). The second kappa shape index (κ2) is 8.92. The lowest BCUT2D eigenvalue weighted by Gasteiger charge is -2.08. The number of ether oxygens (including phenoxy) is 1. The van der Waals surface area contributed by atoms with Crippen LogP contribution in [0.3, 0.4) is 0 Å². The minimum Gasteiger partial charge on any atom is -0.493 e. The molecule has 0 atom stereocenters. The predicted molar refractivity (Wildman–Crippen MR) is 103 cm³/mol. The monoisotopic (exact) mass is 373 g/mol. The average Bonchev–Trinajstić information content (AvgIpc) is 3.02. The normalized spacial score (nSPS) is 10.8. The molecule has 0 saturated carbocycles. The third kappa shape index (κ3) is 5.00. The van der Waals surface area contributed by atoms with Gasteiger partial charge in [-0.2, -0.15) is 0 Å². The molecule has 0 bridgehead atoms. The summed E-state index contributed by atoms with van der Waals surface area (Å²) in [6.45, 7) is 3.58. The van der Waals surface area contributed by atoms with Crippen LogP contribution in [0.25, 0.3) is 0 Å². The Bertz CT molecular complexity index is 790. The van der Waals surface area contributed by atoms with Crippen LogP contribution >= 0.6 is 23.4 Å². The fourth-order valence-corrected chi connectivity index (χ4v) is 3.44. The van der Waals surface area contributed by atoms with Crippen molar-refractivity contribution in [1.82, 2.24) is 14.8 Å². The zero-order chi connectivity index (χ0) is 17.5. The van der Waals surface area contributed by atoms with Crippen molar-refractivity contribution in [3.63, 3.8) is 0 Å². The van der Waals surface area contributed by atoms with Crippen LogP contribution in [0, 0.1) is 0 Å². The van der Waals surface area contributed by atoms with Crippen molar-refractivity contribution in [3.8, 4) is 5.75 Å². The predicted octanol–water partition coefficient (Wildman–Crippen LogP) is 4.71. The topological polar surface area (TPSA) is 39.9 Å². The van der Waals surface area contributed by atoms with E-state index in [0.717, 1.165) is 35.4 Å². The molecule has 0 spiro atoms. The van der Waals surface area contributed by atoms with Crippen LogP contribution in [0.15, 0.2) is 59.8 Å². The molecule has 0 unspecified atom stereocenters. The number of aromatic nitrogens is 3. The van der Waals surface area contributed by atoms with Gasteiger partial charge in [0.25, 0.3) is 0 Å². The molecule has 1 heterocycles. The van der Waals surface area contributed by atoms with Gasteiger partial charge in [0.05, 0.1) is 6.61 Å². The summed E-state index contributed by atoms with van der Waals surface area (Å²) < 4.78 is 7.89. The van der Waals surface area contributed by atoms with E-state index in [1.54, 1.807) is 11.8 Å². The standard InChI is InChI=1S/C19H20ClN3OS/c1-2-23-18(14-15-6-4-3-5-7-15)21-22-19(23)25-13-12-24-17-10-8-16(20)9-11-17/h3-11H,2,12-14H2,1H3. The highest BCUT2D eigenvalue weighted by molar-refractivity contribution is 7.99. The van der Waals surface area contributed by atoms with Crippen molar-refractivity contribution in [2.75, 3.05) is 12.4 Å². The molecule has 3 aromatic rings. The van der Waals surface area contributed by atoms with E-state index in [2.05, 4.69) is 33.8 Å². The number of hydrogen-bond donors (Lipinski definition) is 0. The summed E-state index contributed by atoms with van der Waals surface area (Å²) in [4.78, 5) is 0. The SMILES string of the molecule is CCn1c(Cc2ccccc2)nnc1SCCOc1ccc(Cl)cc1. The van der Waals surface area contributed by atoms with E-state index in [1.165, 1.54) is 5.56 Å². The maximum Gasteiger partial charge on any atom is 0.191 e. The van der Waals surface area contributed by atoms with E-state index in [-0.39, 0.29) is 0 Å². The zero-order valence-corrected chi connectivity index (χ0v) is 15.6. The Morgan fingerprint density at radius 2 is 1.80 bits per heavy atom. The van der Waals surface area contributed by atoms with E-state index in [4.69, 9.17) is 16.3 Å². The van der Waals surface area contributed by atoms with Crippen LogP contribution in [0.2, 0.25) is 5.02 Å². The Balaban J connectivity index is 1.54. The highest BCUT2D eigenvalue weighted by atomic mass is 35.5. The van der Waals surface area contributed by atoms with Crippen LogP contribution < -0.4 is 4.74 Å². The van der Waals surface area contributed by atoms with Crippen LogP contribution in [0.5, 0.6) is 5.75 Å². The highest BCUT2D eigenvalue weighted by Gasteiger charge is 2.11. The van der Waals surface area contributed by atoms with E-state index < -0.39 is 0 Å². The number of halogens is 1. The average molecular weight is 374 g/mol. The first-order valence-corrected chi connectivity index (χ1v) is 9.60. The Labute approximate surface area is 157 Å². The summed E-state index contributed by atoms with van der Waals surface area (Å²) in [5.74, 6) is 2.63. The quantitative estimate of drug-likeness (QED) is 0.423. The smallest absolute Gasteiger partial charge is 0.191 e. The van der Waals surface area contributed by atoms with Gasteiger partial charge >= 0.3 is 0 Å². The molecule has 0 aliphatic carbocycles. The van der Waals surface area contributed by atoms with E-state index in [1.807, 2.05) is 42.5 Å². The van der Waals surface area contributed by atoms with Gasteiger partial charge in [0.15, 0.2) is 5.16 Å². The van der Waals surface area contributed by atoms with Crippen LogP contribution in [0.1, 0.15) is 18.3 Å². The molecule has 0 aliphatic heterocycles. The molecular formula is C19H20ClN3OS. The van der Waals surface area contributed by atoms with Gasteiger partial charge in [0.2, 0.25) is 0 Å². The second-order valence-electron chi connectivity index (χ2n) is 5.46. The minimum absolute atomic E-state index is 0.608. The summed E-state index contributed by atoms with van der Waals surface area (Å²) >= 11 is 7.53. The van der Waals surface area contributed by atoms with Gasteiger partial charge in [-0.1, -0.05) is 53.7 Å². The van der Waals surface area contributed by atoms with Crippen molar-refractivity contribution in [3.05, 3.63) is 71.0 Å². The van der Waals surface area contributed by atoms with Gasteiger partial charge in [-0.25, -0.2) is 0 Å². The van der Waals surface area contributed by atoms with Crippen LogP contribution in [-0.4, -0.2) is 27.1 Å². The molecule has 0 amide bonds. The van der Waals surface area contributed by atoms with Gasteiger partial charge in [0, 0.05) is 23.7 Å². The third-order valence-corrected chi connectivity index (χ3v) is 4.89. The molecular weight excluding hydrogens is 354 g/mol. The first kappa shape index (κ1) is 17.8. The molecule has 0 saturated heterocycles. The highest BCUT2D eigenvalue weighted by Crippen LogP contribution is 2.20. The molecule has 25 heavy (non-hydrogen) atoms. The van der Waals surface area contributed by atoms with Gasteiger partial charge < -0.3 is 9.30 Å². The molecule has 6 heteroatoms. The Morgan fingerprint density at radius 3 is 2.52 bits per heavy atom. The van der Waals surface area contributed by atoms with Gasteiger partial charge in [-0.15, -0.1) is 10.2 Å². The summed E-state index contributed by atoms with van der Waals surface area (Å²) in [6.07, 6.45) is 0.795. The zero-order valence-electron chi connectivity index (χ0n) is 14.1. The first-order chi connectivity index (χ1) is 12.3. The molecule has 1 aromatic heterocycles. The van der Waals surface area contributed by atoms with Crippen LogP contribution in [0.4, 0.5) is 0 Å². The fraction of sp³-hybridized carbons (Fsp3) is 0.263. The van der Waals surface area contributed by atoms with E-state index in [0.29, 0.717) is 11.6 Å². The Kier molecular flexibility index (Phi) is 6.36. The summed E-state index contributed by atoms with van der Waals surface area (Å²) in [6, 6.07) is 17.7. The lowest BCUT2D eigenvalue weighted by atomic mass is 10.1. The summed E-state index contributed by atoms with van der Waals surface area (Å²) in [5, 5.41) is 10.4. The maximum absolute atomic E-state index is 5.87. The second-order valence-corrected chi connectivity index (χ2v) is 6.95. The molecule has 0 fully saturated rings. The number of hydrogen-bond acceptors (Lipinski definition) is 4. The summed E-state index contributed by atoms with van der Waals surface area (Å²) in [7, 11) is 0. The van der Waals surface area contributed by atoms with E-state index >= 15 is 0 Å². The largest absolute Gasteiger partial charge is 0.493 e. The number of rotatable bonds is 8. The maximum atomic E-state index is 5.87.